The first-order chi connectivity index (χ1) is 5.54. The van der Waals surface area contributed by atoms with Gasteiger partial charge in [-0.1, -0.05) is 0 Å². The highest BCUT2D eigenvalue weighted by Gasteiger charge is 2.17. The van der Waals surface area contributed by atoms with Crippen LogP contribution >= 0.6 is 15.9 Å². The summed E-state index contributed by atoms with van der Waals surface area (Å²) in [7, 11) is 0. The van der Waals surface area contributed by atoms with Crippen LogP contribution in [0.3, 0.4) is 0 Å². The predicted octanol–water partition coefficient (Wildman–Crippen LogP) is 1.66. The molecule has 3 nitrogen and oxygen atoms in total. The fraction of sp³-hybridized carbons (Fsp3) is 0.167. The first-order valence-corrected chi connectivity index (χ1v) is 3.78. The van der Waals surface area contributed by atoms with E-state index in [9.17, 15) is 13.6 Å². The van der Waals surface area contributed by atoms with Gasteiger partial charge in [0.25, 0.3) is 6.43 Å². The van der Waals surface area contributed by atoms with Gasteiger partial charge in [-0.05, 0) is 15.9 Å². The average Bonchev–Trinajstić information content (AvgIpc) is 1.97. The minimum atomic E-state index is -2.83. The number of alkyl halides is 2. The van der Waals surface area contributed by atoms with E-state index in [2.05, 4.69) is 20.9 Å². The number of H-pyrrole nitrogens is 1. The third kappa shape index (κ3) is 1.47. The van der Waals surface area contributed by atoms with E-state index in [4.69, 9.17) is 5.73 Å². The van der Waals surface area contributed by atoms with Crippen molar-refractivity contribution >= 4 is 21.6 Å². The lowest BCUT2D eigenvalue weighted by atomic mass is 10.2. The van der Waals surface area contributed by atoms with E-state index >= 15 is 0 Å². The van der Waals surface area contributed by atoms with Gasteiger partial charge >= 0.3 is 0 Å². The third-order valence-electron chi connectivity index (χ3n) is 1.32. The molecule has 12 heavy (non-hydrogen) atoms. The quantitative estimate of drug-likeness (QED) is 0.732. The Labute approximate surface area is 74.7 Å². The second-order valence-corrected chi connectivity index (χ2v) is 2.89. The maximum atomic E-state index is 12.2. The molecule has 66 valence electrons. The Bertz CT molecular complexity index is 350. The summed E-state index contributed by atoms with van der Waals surface area (Å²) in [5.74, 6) is 0. The summed E-state index contributed by atoms with van der Waals surface area (Å²) in [6, 6.07) is 0. The van der Waals surface area contributed by atoms with Gasteiger partial charge in [0.05, 0.1) is 15.9 Å². The van der Waals surface area contributed by atoms with E-state index in [1.807, 2.05) is 0 Å². The minimum absolute atomic E-state index is 0.0308. The molecule has 0 aliphatic carbocycles. The van der Waals surface area contributed by atoms with Crippen molar-refractivity contribution in [1.29, 1.82) is 0 Å². The molecule has 0 spiro atoms. The molecule has 3 N–H and O–H groups in total. The number of nitrogen functional groups attached to an aromatic ring is 1. The summed E-state index contributed by atoms with van der Waals surface area (Å²) in [5.41, 5.74) is 3.45. The van der Waals surface area contributed by atoms with Crippen LogP contribution in [0.25, 0.3) is 0 Å². The largest absolute Gasteiger partial charge is 0.394 e. The molecule has 1 rings (SSSR count). The highest BCUT2D eigenvalue weighted by Crippen LogP contribution is 2.22. The van der Waals surface area contributed by atoms with Crippen molar-refractivity contribution < 1.29 is 8.78 Å². The summed E-state index contributed by atoms with van der Waals surface area (Å²) >= 11 is 2.79. The number of hydrogen-bond acceptors (Lipinski definition) is 2. The van der Waals surface area contributed by atoms with Crippen LogP contribution in [-0.2, 0) is 0 Å². The maximum Gasteiger partial charge on any atom is 0.270 e. The van der Waals surface area contributed by atoms with Gasteiger partial charge in [0.15, 0.2) is 0 Å². The number of hydrogen-bond donors (Lipinski definition) is 2. The molecule has 0 unspecified atom stereocenters. The van der Waals surface area contributed by atoms with Crippen molar-refractivity contribution in [2.45, 2.75) is 6.43 Å². The fourth-order valence-corrected chi connectivity index (χ4v) is 1.20. The number of halogens is 3. The smallest absolute Gasteiger partial charge is 0.270 e. The summed E-state index contributed by atoms with van der Waals surface area (Å²) in [6.07, 6.45) is -1.66. The Kier molecular flexibility index (Phi) is 2.46. The molecule has 0 saturated heterocycles. The molecule has 0 aromatic carbocycles. The van der Waals surface area contributed by atoms with E-state index in [0.717, 1.165) is 6.20 Å². The molecule has 1 heterocycles. The van der Waals surface area contributed by atoms with E-state index in [0.29, 0.717) is 0 Å². The molecule has 0 aliphatic rings. The molecule has 1 aromatic rings. The SMILES string of the molecule is Nc1c[nH]c(Br)c(C(F)F)c1=O. The van der Waals surface area contributed by atoms with Crippen LogP contribution in [-0.4, -0.2) is 4.98 Å². The van der Waals surface area contributed by atoms with Gasteiger partial charge in [-0.3, -0.25) is 4.79 Å². The fourth-order valence-electron chi connectivity index (χ4n) is 0.734. The van der Waals surface area contributed by atoms with Crippen molar-refractivity contribution in [3.63, 3.8) is 0 Å². The Morgan fingerprint density at radius 3 is 2.58 bits per heavy atom. The maximum absolute atomic E-state index is 12.2. The van der Waals surface area contributed by atoms with Gasteiger partial charge in [-0.25, -0.2) is 8.78 Å². The Balaban J connectivity index is 3.44. The number of nitrogens with one attached hydrogen (secondary N) is 1. The van der Waals surface area contributed by atoms with Crippen molar-refractivity contribution in [2.24, 2.45) is 0 Å². The highest BCUT2D eigenvalue weighted by atomic mass is 79.9. The zero-order chi connectivity index (χ0) is 9.30. The molecular weight excluding hydrogens is 234 g/mol. The Morgan fingerprint density at radius 2 is 2.17 bits per heavy atom. The Morgan fingerprint density at radius 1 is 1.58 bits per heavy atom. The van der Waals surface area contributed by atoms with E-state index in [-0.39, 0.29) is 10.3 Å². The number of aromatic amines is 1. The zero-order valence-corrected chi connectivity index (χ0v) is 7.36. The molecule has 0 saturated carbocycles. The second-order valence-electron chi connectivity index (χ2n) is 2.10. The van der Waals surface area contributed by atoms with Crippen LogP contribution in [0.1, 0.15) is 12.0 Å². The molecule has 0 atom stereocenters. The van der Waals surface area contributed by atoms with Crippen LogP contribution in [0.15, 0.2) is 15.6 Å². The van der Waals surface area contributed by atoms with Crippen molar-refractivity contribution in [3.05, 3.63) is 26.6 Å². The zero-order valence-electron chi connectivity index (χ0n) is 5.77. The van der Waals surface area contributed by atoms with Gasteiger partial charge in [0.1, 0.15) is 0 Å². The summed E-state index contributed by atoms with van der Waals surface area (Å²) < 4.78 is 24.3. The lowest BCUT2D eigenvalue weighted by Crippen LogP contribution is -2.15. The van der Waals surface area contributed by atoms with E-state index in [1.54, 1.807) is 0 Å². The lowest BCUT2D eigenvalue weighted by Gasteiger charge is -2.02. The van der Waals surface area contributed by atoms with Gasteiger partial charge in [0, 0.05) is 6.20 Å². The van der Waals surface area contributed by atoms with Crippen LogP contribution in [0.4, 0.5) is 14.5 Å². The Hall–Kier alpha value is -0.910. The van der Waals surface area contributed by atoms with Crippen molar-refractivity contribution in [2.75, 3.05) is 5.73 Å². The average molecular weight is 239 g/mol. The van der Waals surface area contributed by atoms with E-state index in [1.165, 1.54) is 0 Å². The molecular formula is C6H5BrF2N2O. The summed E-state index contributed by atoms with van der Waals surface area (Å²) in [6.45, 7) is 0. The molecule has 1 aromatic heterocycles. The normalized spacial score (nSPS) is 10.7. The topological polar surface area (TPSA) is 58.9 Å². The van der Waals surface area contributed by atoms with Crippen LogP contribution in [0.2, 0.25) is 0 Å². The van der Waals surface area contributed by atoms with Gasteiger partial charge in [-0.2, -0.15) is 0 Å². The minimum Gasteiger partial charge on any atom is -0.394 e. The predicted molar refractivity (Wildman–Crippen MR) is 44.1 cm³/mol. The van der Waals surface area contributed by atoms with Crippen LogP contribution in [0.5, 0.6) is 0 Å². The van der Waals surface area contributed by atoms with Gasteiger partial charge in [-0.15, -0.1) is 0 Å². The molecule has 0 radical (unpaired) electrons. The number of nitrogens with two attached hydrogens (primary N) is 1. The van der Waals surface area contributed by atoms with Gasteiger partial charge in [0.2, 0.25) is 5.43 Å². The van der Waals surface area contributed by atoms with Gasteiger partial charge < -0.3 is 10.7 Å². The first kappa shape index (κ1) is 9.18. The number of pyridine rings is 1. The summed E-state index contributed by atoms with van der Waals surface area (Å²) in [4.78, 5) is 13.4. The molecule has 6 heteroatoms. The standard InChI is InChI=1S/C6H5BrF2N2O/c7-5-3(6(8)9)4(12)2(10)1-11-5/h1,6H,10H2,(H,11,12). The second kappa shape index (κ2) is 3.22. The van der Waals surface area contributed by atoms with Crippen molar-refractivity contribution in [3.8, 4) is 0 Å². The molecule has 0 aliphatic heterocycles. The highest BCUT2D eigenvalue weighted by molar-refractivity contribution is 9.10. The first-order valence-electron chi connectivity index (χ1n) is 2.98. The number of anilines is 1. The summed E-state index contributed by atoms with van der Waals surface area (Å²) in [5, 5.41) is 0. The van der Waals surface area contributed by atoms with Crippen LogP contribution in [0, 0.1) is 0 Å². The third-order valence-corrected chi connectivity index (χ3v) is 1.97. The van der Waals surface area contributed by atoms with Crippen LogP contribution < -0.4 is 11.2 Å². The molecule has 0 amide bonds. The molecule has 0 fully saturated rings. The van der Waals surface area contributed by atoms with E-state index < -0.39 is 17.4 Å². The lowest BCUT2D eigenvalue weighted by molar-refractivity contribution is 0.149. The number of aromatic nitrogens is 1. The molecule has 0 bridgehead atoms. The monoisotopic (exact) mass is 238 g/mol. The van der Waals surface area contributed by atoms with Crippen molar-refractivity contribution in [1.82, 2.24) is 4.98 Å². The number of rotatable bonds is 1.